The van der Waals surface area contributed by atoms with Gasteiger partial charge in [0, 0.05) is 12.8 Å². The second kappa shape index (κ2) is 11.3. The molecule has 0 radical (unpaired) electrons. The van der Waals surface area contributed by atoms with Gasteiger partial charge < -0.3 is 34.6 Å². The van der Waals surface area contributed by atoms with Crippen molar-refractivity contribution < 1.29 is 44.2 Å². The van der Waals surface area contributed by atoms with Crippen LogP contribution in [0.4, 0.5) is 0 Å². The molecule has 1 saturated heterocycles. The summed E-state index contributed by atoms with van der Waals surface area (Å²) in [5.41, 5.74) is 1.34. The zero-order chi connectivity index (χ0) is 23.3. The molecule has 2 aliphatic rings. The van der Waals surface area contributed by atoms with Crippen molar-refractivity contribution in [3.8, 4) is 0 Å². The van der Waals surface area contributed by atoms with E-state index in [9.17, 15) is 30.0 Å². The van der Waals surface area contributed by atoms with E-state index in [4.69, 9.17) is 14.2 Å². The zero-order valence-electron chi connectivity index (χ0n) is 18.4. The first kappa shape index (κ1) is 25.6. The van der Waals surface area contributed by atoms with E-state index in [-0.39, 0.29) is 12.8 Å². The number of hydrogen-bond acceptors (Lipinski definition) is 9. The van der Waals surface area contributed by atoms with E-state index in [1.807, 2.05) is 19.9 Å². The number of esters is 1. The van der Waals surface area contributed by atoms with Crippen molar-refractivity contribution in [2.75, 3.05) is 6.61 Å². The Morgan fingerprint density at radius 1 is 1.26 bits per heavy atom. The van der Waals surface area contributed by atoms with E-state index < -0.39 is 67.2 Å². The Hall–Kier alpha value is -1.62. The van der Waals surface area contributed by atoms with E-state index in [1.165, 1.54) is 0 Å². The highest BCUT2D eigenvalue weighted by atomic mass is 16.7. The van der Waals surface area contributed by atoms with Crippen molar-refractivity contribution in [1.82, 2.24) is 0 Å². The zero-order valence-corrected chi connectivity index (χ0v) is 18.4. The third-order valence-electron chi connectivity index (χ3n) is 5.95. The molecule has 0 aromatic heterocycles. The Balaban J connectivity index is 2.32. The van der Waals surface area contributed by atoms with Crippen LogP contribution in [-0.4, -0.2) is 81.7 Å². The standard InChI is InChI=1S/C22H34O9/c1-5-11(2)15-9-7-12(3)20(31-22-19(27)18(26)16(10-23)30-22)17(25)14(24)8-6-13(4)21(28)29-15/h5,7,13,15-20,22-23,25-27H,6,8-10H2,1-4H3/b11-5+,12-7-/t13-,15+,16+,17+,18+,19+,20-,22+/m0/s1. The lowest BCUT2D eigenvalue weighted by atomic mass is 9.94. The maximum atomic E-state index is 12.6. The van der Waals surface area contributed by atoms with Gasteiger partial charge in [0.15, 0.2) is 12.1 Å². The molecule has 4 N–H and O–H groups in total. The van der Waals surface area contributed by atoms with Crippen LogP contribution in [-0.2, 0) is 23.8 Å². The number of Topliss-reactive ketones (excluding diaryl/α,β-unsaturated/α-hetero) is 1. The molecule has 9 nitrogen and oxygen atoms in total. The molecule has 0 spiro atoms. The molecule has 2 heterocycles. The number of aliphatic hydroxyl groups excluding tert-OH is 4. The van der Waals surface area contributed by atoms with Crippen molar-refractivity contribution in [3.05, 3.63) is 23.3 Å². The lowest BCUT2D eigenvalue weighted by Crippen LogP contribution is -2.43. The molecule has 2 rings (SSSR count). The van der Waals surface area contributed by atoms with Crippen molar-refractivity contribution in [3.63, 3.8) is 0 Å². The van der Waals surface area contributed by atoms with E-state index >= 15 is 0 Å². The van der Waals surface area contributed by atoms with Crippen molar-refractivity contribution in [2.24, 2.45) is 5.92 Å². The summed E-state index contributed by atoms with van der Waals surface area (Å²) in [4.78, 5) is 25.0. The minimum atomic E-state index is -1.55. The molecular weight excluding hydrogens is 408 g/mol. The molecule has 176 valence electrons. The fourth-order valence-electron chi connectivity index (χ4n) is 3.52. The predicted molar refractivity (Wildman–Crippen MR) is 110 cm³/mol. The quantitative estimate of drug-likeness (QED) is 0.359. The first-order chi connectivity index (χ1) is 14.6. The average molecular weight is 443 g/mol. The molecule has 9 heteroatoms. The highest BCUT2D eigenvalue weighted by molar-refractivity contribution is 5.84. The Morgan fingerprint density at radius 3 is 2.52 bits per heavy atom. The minimum absolute atomic E-state index is 0.0617. The van der Waals surface area contributed by atoms with Crippen LogP contribution in [0.1, 0.15) is 47.0 Å². The van der Waals surface area contributed by atoms with Gasteiger partial charge >= 0.3 is 5.97 Å². The Bertz CT molecular complexity index is 701. The van der Waals surface area contributed by atoms with Crippen LogP contribution in [0.3, 0.4) is 0 Å². The van der Waals surface area contributed by atoms with Crippen molar-refractivity contribution in [1.29, 1.82) is 0 Å². The number of rotatable bonds is 4. The van der Waals surface area contributed by atoms with Gasteiger partial charge in [-0.3, -0.25) is 9.59 Å². The van der Waals surface area contributed by atoms with Gasteiger partial charge in [-0.2, -0.15) is 0 Å². The number of carbonyl (C=O) groups is 2. The highest BCUT2D eigenvalue weighted by Crippen LogP contribution is 2.28. The number of ketones is 1. The fraction of sp³-hybridized carbons (Fsp3) is 0.727. The second-order valence-electron chi connectivity index (χ2n) is 8.26. The van der Waals surface area contributed by atoms with Crippen molar-refractivity contribution in [2.45, 2.75) is 89.9 Å². The molecule has 0 unspecified atom stereocenters. The van der Waals surface area contributed by atoms with Gasteiger partial charge in [-0.25, -0.2) is 0 Å². The molecule has 0 aromatic rings. The van der Waals surface area contributed by atoms with Crippen LogP contribution in [0.25, 0.3) is 0 Å². The monoisotopic (exact) mass is 442 g/mol. The molecular formula is C22H34O9. The summed E-state index contributed by atoms with van der Waals surface area (Å²) in [5, 5.41) is 40.1. The number of aliphatic hydroxyl groups is 4. The van der Waals surface area contributed by atoms with Crippen LogP contribution in [0, 0.1) is 5.92 Å². The number of carbonyl (C=O) groups excluding carboxylic acids is 2. The molecule has 0 saturated carbocycles. The van der Waals surface area contributed by atoms with Crippen LogP contribution in [0.2, 0.25) is 0 Å². The Morgan fingerprint density at radius 2 is 1.94 bits per heavy atom. The van der Waals surface area contributed by atoms with Gasteiger partial charge in [0.05, 0.1) is 12.5 Å². The molecule has 0 aliphatic carbocycles. The van der Waals surface area contributed by atoms with E-state index in [0.29, 0.717) is 12.0 Å². The topological polar surface area (TPSA) is 143 Å². The maximum absolute atomic E-state index is 12.6. The maximum Gasteiger partial charge on any atom is 0.309 e. The predicted octanol–water partition coefficient (Wildman–Crippen LogP) is 0.385. The SMILES string of the molecule is C/C=C(\C)[C@H]1C/C=C(/C)[C@H](O[C@H]2O[C@H](CO)[C@@H](O)[C@H]2O)[C@H](O)C(=O)CC[C@H](C)C(=O)O1. The fourth-order valence-corrected chi connectivity index (χ4v) is 3.52. The molecule has 0 aromatic carbocycles. The second-order valence-corrected chi connectivity index (χ2v) is 8.26. The van der Waals surface area contributed by atoms with E-state index in [0.717, 1.165) is 5.57 Å². The third-order valence-corrected chi connectivity index (χ3v) is 5.95. The minimum Gasteiger partial charge on any atom is -0.457 e. The highest BCUT2D eigenvalue weighted by Gasteiger charge is 2.45. The molecule has 2 aliphatic heterocycles. The van der Waals surface area contributed by atoms with Crippen LogP contribution >= 0.6 is 0 Å². The molecule has 31 heavy (non-hydrogen) atoms. The molecule has 1 fully saturated rings. The van der Waals surface area contributed by atoms with Gasteiger partial charge in [-0.05, 0) is 38.3 Å². The van der Waals surface area contributed by atoms with Gasteiger partial charge in [0.2, 0.25) is 0 Å². The molecule has 0 amide bonds. The summed E-state index contributed by atoms with van der Waals surface area (Å²) in [6, 6.07) is 0. The third kappa shape index (κ3) is 6.21. The van der Waals surface area contributed by atoms with Crippen LogP contribution < -0.4 is 0 Å². The lowest BCUT2D eigenvalue weighted by Gasteiger charge is -2.29. The largest absolute Gasteiger partial charge is 0.457 e. The molecule has 8 atom stereocenters. The Kier molecular flexibility index (Phi) is 9.35. The lowest BCUT2D eigenvalue weighted by molar-refractivity contribution is -0.202. The summed E-state index contributed by atoms with van der Waals surface area (Å²) in [6.45, 7) is 6.50. The summed E-state index contributed by atoms with van der Waals surface area (Å²) in [7, 11) is 0. The van der Waals surface area contributed by atoms with E-state index in [1.54, 1.807) is 19.9 Å². The average Bonchev–Trinajstić information content (AvgIpc) is 3.03. The van der Waals surface area contributed by atoms with Gasteiger partial charge in [-0.15, -0.1) is 0 Å². The summed E-state index contributed by atoms with van der Waals surface area (Å²) >= 11 is 0. The number of ether oxygens (including phenoxy) is 3. The van der Waals surface area contributed by atoms with Gasteiger partial charge in [0.1, 0.15) is 36.6 Å². The number of allylic oxidation sites excluding steroid dienone is 1. The Labute approximate surface area is 182 Å². The first-order valence-electron chi connectivity index (χ1n) is 10.6. The van der Waals surface area contributed by atoms with Crippen molar-refractivity contribution >= 4 is 11.8 Å². The van der Waals surface area contributed by atoms with E-state index in [2.05, 4.69) is 0 Å². The van der Waals surface area contributed by atoms with Crippen LogP contribution in [0.15, 0.2) is 23.3 Å². The first-order valence-corrected chi connectivity index (χ1v) is 10.6. The summed E-state index contributed by atoms with van der Waals surface area (Å²) in [5.74, 6) is -1.45. The van der Waals surface area contributed by atoms with Gasteiger partial charge in [0.25, 0.3) is 0 Å². The number of cyclic esters (lactones) is 1. The number of hydrogen-bond donors (Lipinski definition) is 4. The summed E-state index contributed by atoms with van der Waals surface area (Å²) < 4.78 is 16.7. The normalized spacial score (nSPS) is 40.5. The van der Waals surface area contributed by atoms with Crippen LogP contribution in [0.5, 0.6) is 0 Å². The summed E-state index contributed by atoms with van der Waals surface area (Å²) in [6.07, 6.45) is -4.38. The van der Waals surface area contributed by atoms with Gasteiger partial charge in [-0.1, -0.05) is 19.1 Å². The molecule has 0 bridgehead atoms. The smallest absolute Gasteiger partial charge is 0.309 e.